The Kier molecular flexibility index (Phi) is 5.65. The van der Waals surface area contributed by atoms with Crippen LogP contribution in [0.25, 0.3) is 0 Å². The van der Waals surface area contributed by atoms with Crippen LogP contribution >= 0.6 is 22.9 Å². The molecule has 0 bridgehead atoms. The minimum atomic E-state index is -0.277. The lowest BCUT2D eigenvalue weighted by atomic mass is 10.1. The molecule has 1 N–H and O–H groups in total. The van der Waals surface area contributed by atoms with Crippen LogP contribution in [0.3, 0.4) is 0 Å². The first-order valence-corrected chi connectivity index (χ1v) is 8.13. The van der Waals surface area contributed by atoms with Gasteiger partial charge in [0.2, 0.25) is 0 Å². The quantitative estimate of drug-likeness (QED) is 0.748. The van der Waals surface area contributed by atoms with Crippen LogP contribution in [0.5, 0.6) is 0 Å². The van der Waals surface area contributed by atoms with E-state index in [1.54, 1.807) is 12.1 Å². The highest BCUT2D eigenvalue weighted by atomic mass is 35.5. The van der Waals surface area contributed by atoms with Crippen molar-refractivity contribution in [3.8, 4) is 0 Å². The van der Waals surface area contributed by atoms with E-state index in [4.69, 9.17) is 16.3 Å². The molecule has 0 spiro atoms. The third kappa shape index (κ3) is 4.48. The number of carbonyl (C=O) groups excluding carboxylic acids is 1. The number of esters is 1. The number of nitrogens with one attached hydrogen (secondary N) is 1. The van der Waals surface area contributed by atoms with Crippen molar-refractivity contribution in [2.24, 2.45) is 0 Å². The second-order valence-electron chi connectivity index (χ2n) is 4.76. The second-order valence-corrected chi connectivity index (χ2v) is 6.31. The third-order valence-electron chi connectivity index (χ3n) is 3.03. The van der Waals surface area contributed by atoms with E-state index in [-0.39, 0.29) is 12.0 Å². The number of hydrogen-bond donors (Lipinski definition) is 1. The fourth-order valence-corrected chi connectivity index (χ4v) is 2.85. The fraction of sp³-hybridized carbons (Fsp3) is 0.312. The molecule has 0 aliphatic rings. The standard InChI is InChI=1S/C16H18ClNO2S/c1-3-8-20-16(19)12-4-6-14(7-5-12)18-11(2)13-9-15(17)21-10-13/h4-7,9-11,18H,3,8H2,1-2H3. The summed E-state index contributed by atoms with van der Waals surface area (Å²) < 4.78 is 5.88. The first-order chi connectivity index (χ1) is 10.1. The average Bonchev–Trinajstić information content (AvgIpc) is 2.92. The summed E-state index contributed by atoms with van der Waals surface area (Å²) >= 11 is 7.47. The summed E-state index contributed by atoms with van der Waals surface area (Å²) in [5.41, 5.74) is 2.67. The van der Waals surface area contributed by atoms with E-state index >= 15 is 0 Å². The fourth-order valence-electron chi connectivity index (χ4n) is 1.86. The van der Waals surface area contributed by atoms with Gasteiger partial charge in [-0.2, -0.15) is 0 Å². The number of carbonyl (C=O) groups is 1. The van der Waals surface area contributed by atoms with Gasteiger partial charge in [0.1, 0.15) is 0 Å². The maximum absolute atomic E-state index is 11.7. The highest BCUT2D eigenvalue weighted by Crippen LogP contribution is 2.27. The smallest absolute Gasteiger partial charge is 0.338 e. The van der Waals surface area contributed by atoms with Crippen LogP contribution in [0, 0.1) is 0 Å². The van der Waals surface area contributed by atoms with Crippen LogP contribution in [0.15, 0.2) is 35.7 Å². The zero-order chi connectivity index (χ0) is 15.2. The lowest BCUT2D eigenvalue weighted by Gasteiger charge is -2.14. The Morgan fingerprint density at radius 1 is 1.38 bits per heavy atom. The van der Waals surface area contributed by atoms with Gasteiger partial charge < -0.3 is 10.1 Å². The summed E-state index contributed by atoms with van der Waals surface area (Å²) in [6.07, 6.45) is 0.825. The Hall–Kier alpha value is -1.52. The Morgan fingerprint density at radius 2 is 2.10 bits per heavy atom. The van der Waals surface area contributed by atoms with Gasteiger partial charge in [-0.1, -0.05) is 18.5 Å². The molecule has 2 rings (SSSR count). The summed E-state index contributed by atoms with van der Waals surface area (Å²) in [4.78, 5) is 11.7. The molecule has 1 aromatic carbocycles. The number of rotatable bonds is 6. The van der Waals surface area contributed by atoms with Crippen LogP contribution in [0.4, 0.5) is 5.69 Å². The monoisotopic (exact) mass is 323 g/mol. The van der Waals surface area contributed by atoms with Crippen molar-refractivity contribution in [3.05, 3.63) is 51.2 Å². The van der Waals surface area contributed by atoms with Crippen molar-refractivity contribution in [3.63, 3.8) is 0 Å². The minimum Gasteiger partial charge on any atom is -0.462 e. The molecule has 0 saturated carbocycles. The van der Waals surface area contributed by atoms with Crippen molar-refractivity contribution in [1.82, 2.24) is 0 Å². The first-order valence-electron chi connectivity index (χ1n) is 6.87. The molecule has 0 saturated heterocycles. The predicted molar refractivity (Wildman–Crippen MR) is 88.4 cm³/mol. The van der Waals surface area contributed by atoms with Crippen LogP contribution in [0.1, 0.15) is 42.2 Å². The van der Waals surface area contributed by atoms with Gasteiger partial charge in [0, 0.05) is 11.7 Å². The van der Waals surface area contributed by atoms with Gasteiger partial charge in [0.15, 0.2) is 0 Å². The number of ether oxygens (including phenoxy) is 1. The molecular formula is C16H18ClNO2S. The number of anilines is 1. The molecule has 0 radical (unpaired) electrons. The van der Waals surface area contributed by atoms with Gasteiger partial charge in [0.05, 0.1) is 16.5 Å². The lowest BCUT2D eigenvalue weighted by molar-refractivity contribution is 0.0505. The maximum Gasteiger partial charge on any atom is 0.338 e. The van der Waals surface area contributed by atoms with E-state index in [1.165, 1.54) is 11.3 Å². The van der Waals surface area contributed by atoms with Crippen LogP contribution in [-0.2, 0) is 4.74 Å². The summed E-state index contributed by atoms with van der Waals surface area (Å²) in [6.45, 7) is 4.50. The maximum atomic E-state index is 11.7. The summed E-state index contributed by atoms with van der Waals surface area (Å²) in [5, 5.41) is 5.41. The average molecular weight is 324 g/mol. The molecule has 1 aromatic heterocycles. The van der Waals surface area contributed by atoms with Crippen molar-refractivity contribution in [1.29, 1.82) is 0 Å². The van der Waals surface area contributed by atoms with Gasteiger partial charge >= 0.3 is 5.97 Å². The molecule has 1 heterocycles. The third-order valence-corrected chi connectivity index (χ3v) is 4.14. The Balaban J connectivity index is 1.97. The van der Waals surface area contributed by atoms with Gasteiger partial charge in [-0.3, -0.25) is 0 Å². The summed E-state index contributed by atoms with van der Waals surface area (Å²) in [5.74, 6) is -0.277. The van der Waals surface area contributed by atoms with E-state index in [2.05, 4.69) is 12.2 Å². The van der Waals surface area contributed by atoms with E-state index in [0.717, 1.165) is 22.0 Å². The normalized spacial score (nSPS) is 12.0. The van der Waals surface area contributed by atoms with E-state index in [9.17, 15) is 4.79 Å². The SMILES string of the molecule is CCCOC(=O)c1ccc(NC(C)c2csc(Cl)c2)cc1. The zero-order valence-corrected chi connectivity index (χ0v) is 13.6. The Bertz CT molecular complexity index is 595. The Morgan fingerprint density at radius 3 is 2.67 bits per heavy atom. The molecule has 5 heteroatoms. The molecule has 1 unspecified atom stereocenters. The van der Waals surface area contributed by atoms with Crippen LogP contribution < -0.4 is 5.32 Å². The van der Waals surface area contributed by atoms with Crippen LogP contribution in [-0.4, -0.2) is 12.6 Å². The molecule has 21 heavy (non-hydrogen) atoms. The summed E-state index contributed by atoms with van der Waals surface area (Å²) in [6, 6.07) is 9.42. The summed E-state index contributed by atoms with van der Waals surface area (Å²) in [7, 11) is 0. The number of benzene rings is 1. The molecule has 3 nitrogen and oxygen atoms in total. The topological polar surface area (TPSA) is 38.3 Å². The molecule has 0 fully saturated rings. The van der Waals surface area contributed by atoms with Gasteiger partial charge in [-0.05, 0) is 54.6 Å². The van der Waals surface area contributed by atoms with Crippen molar-refractivity contribution >= 4 is 34.6 Å². The van der Waals surface area contributed by atoms with E-state index < -0.39 is 0 Å². The van der Waals surface area contributed by atoms with Crippen molar-refractivity contribution in [2.75, 3.05) is 11.9 Å². The molecule has 112 valence electrons. The first kappa shape index (κ1) is 15.9. The number of halogens is 1. The molecule has 0 amide bonds. The second kappa shape index (κ2) is 7.48. The highest BCUT2D eigenvalue weighted by Gasteiger charge is 2.09. The van der Waals surface area contributed by atoms with Crippen LogP contribution in [0.2, 0.25) is 4.34 Å². The van der Waals surface area contributed by atoms with E-state index in [0.29, 0.717) is 12.2 Å². The predicted octanol–water partition coefficient (Wildman–Crippen LogP) is 5.14. The Labute approximate surface area is 133 Å². The van der Waals surface area contributed by atoms with Gasteiger partial charge in [-0.15, -0.1) is 11.3 Å². The van der Waals surface area contributed by atoms with E-state index in [1.807, 2.05) is 30.5 Å². The lowest BCUT2D eigenvalue weighted by Crippen LogP contribution is -2.07. The number of thiophene rings is 1. The largest absolute Gasteiger partial charge is 0.462 e. The zero-order valence-electron chi connectivity index (χ0n) is 12.1. The highest BCUT2D eigenvalue weighted by molar-refractivity contribution is 7.14. The minimum absolute atomic E-state index is 0.159. The molecular weight excluding hydrogens is 306 g/mol. The molecule has 2 aromatic rings. The van der Waals surface area contributed by atoms with Gasteiger partial charge in [0.25, 0.3) is 0 Å². The van der Waals surface area contributed by atoms with Crippen molar-refractivity contribution in [2.45, 2.75) is 26.3 Å². The number of hydrogen-bond acceptors (Lipinski definition) is 4. The van der Waals surface area contributed by atoms with Gasteiger partial charge in [-0.25, -0.2) is 4.79 Å². The van der Waals surface area contributed by atoms with Crippen molar-refractivity contribution < 1.29 is 9.53 Å². The molecule has 1 atom stereocenters. The molecule has 0 aliphatic heterocycles. The molecule has 0 aliphatic carbocycles.